The summed E-state index contributed by atoms with van der Waals surface area (Å²) in [6, 6.07) is 0. The van der Waals surface area contributed by atoms with Crippen LogP contribution in [0.4, 0.5) is 0 Å². The van der Waals surface area contributed by atoms with Crippen LogP contribution >= 0.6 is 0 Å². The molecule has 1 nitrogen and oxygen atoms in total. The summed E-state index contributed by atoms with van der Waals surface area (Å²) in [5, 5.41) is 0. The van der Waals surface area contributed by atoms with E-state index < -0.39 is 0 Å². The topological polar surface area (TPSA) is 12.4 Å². The van der Waals surface area contributed by atoms with Gasteiger partial charge >= 0.3 is 0 Å². The van der Waals surface area contributed by atoms with E-state index in [1.165, 1.54) is 18.4 Å². The van der Waals surface area contributed by atoms with Crippen LogP contribution in [0.3, 0.4) is 0 Å². The van der Waals surface area contributed by atoms with Gasteiger partial charge in [0, 0.05) is 11.6 Å². The molecular weight excluding hydrogens is 146 g/mol. The van der Waals surface area contributed by atoms with Crippen LogP contribution in [0.1, 0.15) is 26.7 Å². The zero-order valence-corrected chi connectivity index (χ0v) is 8.01. The minimum Gasteiger partial charge on any atom is -0.289 e. The molecular formula is C11H17N. The summed E-state index contributed by atoms with van der Waals surface area (Å²) >= 11 is 0. The van der Waals surface area contributed by atoms with E-state index >= 15 is 0 Å². The molecule has 0 aromatic rings. The molecule has 0 saturated heterocycles. The van der Waals surface area contributed by atoms with Crippen LogP contribution in [0.2, 0.25) is 0 Å². The van der Waals surface area contributed by atoms with Crippen LogP contribution in [-0.4, -0.2) is 12.8 Å². The predicted molar refractivity (Wildman–Crippen MR) is 54.7 cm³/mol. The van der Waals surface area contributed by atoms with Gasteiger partial charge in [-0.25, -0.2) is 0 Å². The molecule has 1 rings (SSSR count). The Morgan fingerprint density at radius 3 is 3.08 bits per heavy atom. The fourth-order valence-electron chi connectivity index (χ4n) is 1.56. The van der Waals surface area contributed by atoms with Gasteiger partial charge in [0.25, 0.3) is 0 Å². The first-order valence-corrected chi connectivity index (χ1v) is 4.55. The SMILES string of the molecule is C=C1CN=CC=CC1(C)CCC. The Bertz CT molecular complexity index is 225. The average molecular weight is 163 g/mol. The lowest BCUT2D eigenvalue weighted by Crippen LogP contribution is -2.16. The number of hydrogen-bond acceptors (Lipinski definition) is 1. The molecule has 0 bridgehead atoms. The maximum absolute atomic E-state index is 4.22. The van der Waals surface area contributed by atoms with E-state index in [-0.39, 0.29) is 5.41 Å². The Hall–Kier alpha value is -0.850. The van der Waals surface area contributed by atoms with Crippen molar-refractivity contribution in [3.8, 4) is 0 Å². The third-order valence-electron chi connectivity index (χ3n) is 2.51. The molecule has 0 aromatic heterocycles. The standard InChI is InChI=1S/C11H17N/c1-4-6-11(3)7-5-8-12-9-10(11)2/h5,7-8H,2,4,6,9H2,1,3H3. The Morgan fingerprint density at radius 1 is 1.67 bits per heavy atom. The largest absolute Gasteiger partial charge is 0.289 e. The van der Waals surface area contributed by atoms with Crippen LogP contribution in [0.25, 0.3) is 0 Å². The summed E-state index contributed by atoms with van der Waals surface area (Å²) in [7, 11) is 0. The second-order valence-electron chi connectivity index (χ2n) is 3.62. The van der Waals surface area contributed by atoms with Gasteiger partial charge in [-0.05, 0) is 18.1 Å². The molecule has 1 heteroatoms. The maximum atomic E-state index is 4.22. The molecule has 0 aliphatic carbocycles. The first kappa shape index (κ1) is 9.24. The minimum atomic E-state index is 0.172. The lowest BCUT2D eigenvalue weighted by atomic mass is 9.79. The number of hydrogen-bond donors (Lipinski definition) is 0. The van der Waals surface area contributed by atoms with E-state index in [4.69, 9.17) is 0 Å². The van der Waals surface area contributed by atoms with E-state index in [9.17, 15) is 0 Å². The molecule has 1 unspecified atom stereocenters. The second kappa shape index (κ2) is 3.70. The van der Waals surface area contributed by atoms with Gasteiger partial charge < -0.3 is 0 Å². The Labute approximate surface area is 74.9 Å². The van der Waals surface area contributed by atoms with Gasteiger partial charge in [0.1, 0.15) is 0 Å². The Kier molecular flexibility index (Phi) is 2.85. The maximum Gasteiger partial charge on any atom is 0.0605 e. The first-order valence-electron chi connectivity index (χ1n) is 4.55. The number of aliphatic imine (C=N–C) groups is 1. The quantitative estimate of drug-likeness (QED) is 0.555. The van der Waals surface area contributed by atoms with Crippen molar-refractivity contribution < 1.29 is 0 Å². The molecule has 12 heavy (non-hydrogen) atoms. The molecule has 1 aliphatic rings. The van der Waals surface area contributed by atoms with Crippen molar-refractivity contribution in [2.45, 2.75) is 26.7 Å². The Balaban J connectivity index is 2.80. The second-order valence-corrected chi connectivity index (χ2v) is 3.62. The highest BCUT2D eigenvalue weighted by Crippen LogP contribution is 2.33. The molecule has 0 N–H and O–H groups in total. The fraction of sp³-hybridized carbons (Fsp3) is 0.545. The van der Waals surface area contributed by atoms with Crippen molar-refractivity contribution in [2.24, 2.45) is 10.4 Å². The molecule has 66 valence electrons. The van der Waals surface area contributed by atoms with Gasteiger partial charge in [-0.2, -0.15) is 0 Å². The van der Waals surface area contributed by atoms with Crippen LogP contribution in [0.5, 0.6) is 0 Å². The van der Waals surface area contributed by atoms with Crippen molar-refractivity contribution in [3.63, 3.8) is 0 Å². The smallest absolute Gasteiger partial charge is 0.0605 e. The van der Waals surface area contributed by atoms with Gasteiger partial charge in [-0.15, -0.1) is 0 Å². The molecule has 0 saturated carbocycles. The lowest BCUT2D eigenvalue weighted by Gasteiger charge is -2.26. The normalized spacial score (nSPS) is 29.0. The summed E-state index contributed by atoms with van der Waals surface area (Å²) in [6.07, 6.45) is 8.49. The third kappa shape index (κ3) is 1.84. The highest BCUT2D eigenvalue weighted by Gasteiger charge is 2.23. The molecule has 1 heterocycles. The first-order chi connectivity index (χ1) is 5.69. The summed E-state index contributed by atoms with van der Waals surface area (Å²) in [4.78, 5) is 4.22. The number of nitrogens with zero attached hydrogens (tertiary/aromatic N) is 1. The molecule has 0 aromatic carbocycles. The van der Waals surface area contributed by atoms with Crippen LogP contribution in [0.15, 0.2) is 29.3 Å². The van der Waals surface area contributed by atoms with E-state index in [2.05, 4.69) is 31.5 Å². The Morgan fingerprint density at radius 2 is 2.42 bits per heavy atom. The van der Waals surface area contributed by atoms with Crippen LogP contribution < -0.4 is 0 Å². The van der Waals surface area contributed by atoms with E-state index in [0.717, 1.165) is 6.54 Å². The molecule has 0 fully saturated rings. The third-order valence-corrected chi connectivity index (χ3v) is 2.51. The molecule has 1 atom stereocenters. The van der Waals surface area contributed by atoms with Crippen LogP contribution in [0, 0.1) is 5.41 Å². The summed E-state index contributed by atoms with van der Waals surface area (Å²) in [5.74, 6) is 0. The summed E-state index contributed by atoms with van der Waals surface area (Å²) in [6.45, 7) is 9.31. The fourth-order valence-corrected chi connectivity index (χ4v) is 1.56. The zero-order chi connectivity index (χ0) is 9.03. The van der Waals surface area contributed by atoms with E-state index in [1.807, 2.05) is 12.3 Å². The predicted octanol–water partition coefficient (Wildman–Crippen LogP) is 2.99. The van der Waals surface area contributed by atoms with Crippen molar-refractivity contribution in [2.75, 3.05) is 6.54 Å². The van der Waals surface area contributed by atoms with E-state index in [1.54, 1.807) is 0 Å². The van der Waals surface area contributed by atoms with Crippen molar-refractivity contribution in [1.82, 2.24) is 0 Å². The van der Waals surface area contributed by atoms with Crippen molar-refractivity contribution >= 4 is 6.21 Å². The zero-order valence-electron chi connectivity index (χ0n) is 8.01. The summed E-state index contributed by atoms with van der Waals surface area (Å²) < 4.78 is 0. The molecule has 0 spiro atoms. The highest BCUT2D eigenvalue weighted by atomic mass is 14.7. The lowest BCUT2D eigenvalue weighted by molar-refractivity contribution is 0.459. The number of rotatable bonds is 2. The monoisotopic (exact) mass is 163 g/mol. The van der Waals surface area contributed by atoms with Crippen LogP contribution in [-0.2, 0) is 0 Å². The van der Waals surface area contributed by atoms with Gasteiger partial charge in [0.2, 0.25) is 0 Å². The number of allylic oxidation sites excluding steroid dienone is 2. The van der Waals surface area contributed by atoms with Gasteiger partial charge in [-0.3, -0.25) is 4.99 Å². The average Bonchev–Trinajstić information content (AvgIpc) is 2.17. The highest BCUT2D eigenvalue weighted by molar-refractivity contribution is 5.72. The summed E-state index contributed by atoms with van der Waals surface area (Å²) in [5.41, 5.74) is 1.40. The minimum absolute atomic E-state index is 0.172. The molecule has 0 amide bonds. The van der Waals surface area contributed by atoms with E-state index in [0.29, 0.717) is 0 Å². The molecule has 0 radical (unpaired) electrons. The van der Waals surface area contributed by atoms with Crippen molar-refractivity contribution in [3.05, 3.63) is 24.3 Å². The van der Waals surface area contributed by atoms with Gasteiger partial charge in [-0.1, -0.05) is 32.9 Å². The van der Waals surface area contributed by atoms with Gasteiger partial charge in [0.15, 0.2) is 0 Å². The molecule has 1 aliphatic heterocycles. The van der Waals surface area contributed by atoms with Crippen molar-refractivity contribution in [1.29, 1.82) is 0 Å². The van der Waals surface area contributed by atoms with Gasteiger partial charge in [0.05, 0.1) is 6.54 Å².